The van der Waals surface area contributed by atoms with Crippen molar-refractivity contribution in [2.45, 2.75) is 6.42 Å². The molecule has 2 rings (SSSR count). The second kappa shape index (κ2) is 5.98. The van der Waals surface area contributed by atoms with Crippen molar-refractivity contribution in [2.75, 3.05) is 56.1 Å². The molecule has 0 spiro atoms. The molecule has 1 atom stereocenters. The van der Waals surface area contributed by atoms with Gasteiger partial charge in [-0.3, -0.25) is 5.43 Å². The minimum absolute atomic E-state index is 0.379. The van der Waals surface area contributed by atoms with Gasteiger partial charge in [0.15, 0.2) is 0 Å². The van der Waals surface area contributed by atoms with Crippen molar-refractivity contribution in [3.05, 3.63) is 0 Å². The van der Waals surface area contributed by atoms with Gasteiger partial charge in [-0.25, -0.2) is 5.84 Å². The summed E-state index contributed by atoms with van der Waals surface area (Å²) in [4.78, 5) is 16.9. The Morgan fingerprint density at radius 2 is 2.21 bits per heavy atom. The van der Waals surface area contributed by atoms with E-state index in [1.165, 1.54) is 0 Å². The highest BCUT2D eigenvalue weighted by molar-refractivity contribution is 5.44. The summed E-state index contributed by atoms with van der Waals surface area (Å²) in [5.74, 6) is 7.56. The van der Waals surface area contributed by atoms with E-state index >= 15 is 0 Å². The molecule has 0 amide bonds. The highest BCUT2D eigenvalue weighted by Crippen LogP contribution is 2.22. The smallest absolute Gasteiger partial charge is 0.243 e. The monoisotopic (exact) mass is 267 g/mol. The predicted octanol–water partition coefficient (Wildman–Crippen LogP) is -0.304. The second-order valence-corrected chi connectivity index (χ2v) is 4.85. The number of hydrogen-bond donors (Lipinski definition) is 2. The average molecular weight is 267 g/mol. The molecule has 0 aliphatic carbocycles. The second-order valence-electron chi connectivity index (χ2n) is 4.85. The van der Waals surface area contributed by atoms with Crippen molar-refractivity contribution in [2.24, 2.45) is 11.8 Å². The Morgan fingerprint density at radius 3 is 2.84 bits per heavy atom. The van der Waals surface area contributed by atoms with E-state index in [0.717, 1.165) is 26.1 Å². The molecule has 8 nitrogen and oxygen atoms in total. The molecule has 0 radical (unpaired) electrons. The third-order valence-electron chi connectivity index (χ3n) is 3.11. The number of nitrogens with two attached hydrogens (primary N) is 1. The van der Waals surface area contributed by atoms with Gasteiger partial charge in [-0.2, -0.15) is 15.0 Å². The third-order valence-corrected chi connectivity index (χ3v) is 3.11. The van der Waals surface area contributed by atoms with E-state index in [-0.39, 0.29) is 0 Å². The number of anilines is 3. The summed E-state index contributed by atoms with van der Waals surface area (Å²) in [6.07, 6.45) is 1.09. The molecular formula is C11H21N7O. The molecule has 3 N–H and O–H groups in total. The van der Waals surface area contributed by atoms with Gasteiger partial charge >= 0.3 is 0 Å². The van der Waals surface area contributed by atoms with Gasteiger partial charge in [-0.15, -0.1) is 0 Å². The molecule has 1 aromatic rings. The summed E-state index contributed by atoms with van der Waals surface area (Å²) in [5.41, 5.74) is 2.48. The van der Waals surface area contributed by atoms with Crippen molar-refractivity contribution in [3.8, 4) is 0 Å². The quantitative estimate of drug-likeness (QED) is 0.555. The summed E-state index contributed by atoms with van der Waals surface area (Å²) in [7, 11) is 5.50. The van der Waals surface area contributed by atoms with Crippen LogP contribution >= 0.6 is 0 Å². The van der Waals surface area contributed by atoms with Gasteiger partial charge in [0.2, 0.25) is 17.8 Å². The fourth-order valence-corrected chi connectivity index (χ4v) is 2.15. The SMILES string of the molecule is COCC1CCN(c2nc(NN)nc(N(C)C)n2)C1. The molecule has 0 aromatic carbocycles. The van der Waals surface area contributed by atoms with Gasteiger partial charge in [0.25, 0.3) is 0 Å². The first-order valence-electron chi connectivity index (χ1n) is 6.28. The van der Waals surface area contributed by atoms with Crippen molar-refractivity contribution >= 4 is 17.8 Å². The van der Waals surface area contributed by atoms with Crippen molar-refractivity contribution in [1.82, 2.24) is 15.0 Å². The zero-order chi connectivity index (χ0) is 13.8. The Morgan fingerprint density at radius 1 is 1.42 bits per heavy atom. The predicted molar refractivity (Wildman–Crippen MR) is 74.2 cm³/mol. The van der Waals surface area contributed by atoms with Gasteiger partial charge in [-0.1, -0.05) is 0 Å². The van der Waals surface area contributed by atoms with Crippen molar-refractivity contribution in [1.29, 1.82) is 0 Å². The molecule has 106 valence electrons. The highest BCUT2D eigenvalue weighted by atomic mass is 16.5. The Hall–Kier alpha value is -1.67. The normalized spacial score (nSPS) is 18.7. The number of nitrogen functional groups attached to an aromatic ring is 1. The first-order chi connectivity index (χ1) is 9.13. The number of hydrazine groups is 1. The average Bonchev–Trinajstić information content (AvgIpc) is 2.87. The zero-order valence-electron chi connectivity index (χ0n) is 11.6. The summed E-state index contributed by atoms with van der Waals surface area (Å²) >= 11 is 0. The van der Waals surface area contributed by atoms with E-state index in [2.05, 4.69) is 25.3 Å². The summed E-state index contributed by atoms with van der Waals surface area (Å²) < 4.78 is 5.20. The molecule has 1 saturated heterocycles. The van der Waals surface area contributed by atoms with Crippen LogP contribution in [0, 0.1) is 5.92 Å². The highest BCUT2D eigenvalue weighted by Gasteiger charge is 2.25. The fourth-order valence-electron chi connectivity index (χ4n) is 2.15. The number of aromatic nitrogens is 3. The lowest BCUT2D eigenvalue weighted by Crippen LogP contribution is -2.26. The standard InChI is InChI=1S/C11H21N7O/c1-17(2)10-13-9(16-12)14-11(15-10)18-5-4-8(6-18)7-19-3/h8H,4-7,12H2,1-3H3,(H,13,14,15,16). The molecule has 1 unspecified atom stereocenters. The Bertz CT molecular complexity index is 426. The molecule has 8 heteroatoms. The summed E-state index contributed by atoms with van der Waals surface area (Å²) in [6, 6.07) is 0. The van der Waals surface area contributed by atoms with Crippen LogP contribution in [0.2, 0.25) is 0 Å². The van der Waals surface area contributed by atoms with E-state index in [9.17, 15) is 0 Å². The molecule has 19 heavy (non-hydrogen) atoms. The van der Waals surface area contributed by atoms with Crippen LogP contribution in [0.1, 0.15) is 6.42 Å². The third kappa shape index (κ3) is 3.21. The van der Waals surface area contributed by atoms with Crippen LogP contribution in [0.25, 0.3) is 0 Å². The van der Waals surface area contributed by atoms with Gasteiger partial charge in [-0.05, 0) is 6.42 Å². The van der Waals surface area contributed by atoms with Crippen molar-refractivity contribution < 1.29 is 4.74 Å². The van der Waals surface area contributed by atoms with Gasteiger partial charge in [0.05, 0.1) is 6.61 Å². The Kier molecular flexibility index (Phi) is 4.33. The molecule has 1 aromatic heterocycles. The van der Waals surface area contributed by atoms with Crippen molar-refractivity contribution in [3.63, 3.8) is 0 Å². The van der Waals surface area contributed by atoms with E-state index in [0.29, 0.717) is 23.8 Å². The van der Waals surface area contributed by atoms with Crippen LogP contribution in [0.4, 0.5) is 17.8 Å². The zero-order valence-corrected chi connectivity index (χ0v) is 11.6. The number of methoxy groups -OCH3 is 1. The van der Waals surface area contributed by atoms with Gasteiger partial charge < -0.3 is 14.5 Å². The number of nitrogens with one attached hydrogen (secondary N) is 1. The number of rotatable bonds is 5. The van der Waals surface area contributed by atoms with Crippen LogP contribution in [0.5, 0.6) is 0 Å². The molecular weight excluding hydrogens is 246 g/mol. The lowest BCUT2D eigenvalue weighted by molar-refractivity contribution is 0.161. The Balaban J connectivity index is 2.17. The maximum atomic E-state index is 5.40. The van der Waals surface area contributed by atoms with Gasteiger partial charge in [0, 0.05) is 40.2 Å². The first-order valence-corrected chi connectivity index (χ1v) is 6.28. The molecule has 0 bridgehead atoms. The first kappa shape index (κ1) is 13.8. The van der Waals surface area contributed by atoms with Crippen LogP contribution in [-0.4, -0.2) is 55.9 Å². The topological polar surface area (TPSA) is 92.4 Å². The van der Waals surface area contributed by atoms with Crippen LogP contribution in [0.3, 0.4) is 0 Å². The summed E-state index contributed by atoms with van der Waals surface area (Å²) in [6.45, 7) is 2.59. The van der Waals surface area contributed by atoms with E-state index < -0.39 is 0 Å². The van der Waals surface area contributed by atoms with E-state index in [1.807, 2.05) is 19.0 Å². The van der Waals surface area contributed by atoms with Gasteiger partial charge in [0.1, 0.15) is 0 Å². The minimum atomic E-state index is 0.379. The molecule has 1 aliphatic heterocycles. The largest absolute Gasteiger partial charge is 0.384 e. The lowest BCUT2D eigenvalue weighted by atomic mass is 10.1. The molecule has 0 saturated carbocycles. The number of nitrogens with zero attached hydrogens (tertiary/aromatic N) is 5. The number of ether oxygens (including phenoxy) is 1. The molecule has 1 aliphatic rings. The van der Waals surface area contributed by atoms with E-state index in [4.69, 9.17) is 10.6 Å². The molecule has 1 fully saturated rings. The van der Waals surface area contributed by atoms with E-state index in [1.54, 1.807) is 7.11 Å². The Labute approximate surface area is 112 Å². The van der Waals surface area contributed by atoms with Crippen LogP contribution in [0.15, 0.2) is 0 Å². The maximum absolute atomic E-state index is 5.40. The lowest BCUT2D eigenvalue weighted by Gasteiger charge is -2.19. The fraction of sp³-hybridized carbons (Fsp3) is 0.727. The molecule has 2 heterocycles. The van der Waals surface area contributed by atoms with Crippen LogP contribution < -0.4 is 21.1 Å². The summed E-state index contributed by atoms with van der Waals surface area (Å²) in [5, 5.41) is 0. The maximum Gasteiger partial charge on any atom is 0.243 e. The number of hydrogen-bond acceptors (Lipinski definition) is 8. The minimum Gasteiger partial charge on any atom is -0.384 e. The van der Waals surface area contributed by atoms with Crippen LogP contribution in [-0.2, 0) is 4.74 Å².